The van der Waals surface area contributed by atoms with Crippen LogP contribution in [0.3, 0.4) is 0 Å². The Bertz CT molecular complexity index is 306. The normalized spacial score (nSPS) is 14.6. The Hall–Kier alpha value is 0.870. The number of unbranched alkanes of at least 4 members (excludes halogenated alkanes) is 5. The Morgan fingerprint density at radius 1 is 0.950 bits per heavy atom. The van der Waals surface area contributed by atoms with Gasteiger partial charge in [0, 0.05) is 5.25 Å². The Labute approximate surface area is 146 Å². The van der Waals surface area contributed by atoms with Gasteiger partial charge in [-0.05, 0) is 32.6 Å². The average Bonchev–Trinajstić information content (AvgIpc) is 2.32. The molecule has 2 unspecified atom stereocenters. The number of aliphatic hydroxyl groups excluding tert-OH is 1. The minimum Gasteiger partial charge on any atom is -0.748 e. The first kappa shape index (κ1) is 23.1. The van der Waals surface area contributed by atoms with Gasteiger partial charge >= 0.3 is 29.6 Å². The molecule has 1 N–H and O–H groups in total. The van der Waals surface area contributed by atoms with Crippen LogP contribution in [0.4, 0.5) is 0 Å². The fourth-order valence-corrected chi connectivity index (χ4v) is 2.55. The van der Waals surface area contributed by atoms with Gasteiger partial charge in [-0.1, -0.05) is 45.4 Å². The largest absolute Gasteiger partial charge is 1.00 e. The van der Waals surface area contributed by atoms with Gasteiger partial charge in [0.05, 0.1) is 16.2 Å². The summed E-state index contributed by atoms with van der Waals surface area (Å²) in [5, 5.41) is 8.90. The minimum absolute atomic E-state index is 0. The molecule has 0 heterocycles. The van der Waals surface area contributed by atoms with E-state index in [4.69, 9.17) is 0 Å². The molecule has 0 saturated carbocycles. The molecule has 0 radical (unpaired) electrons. The molecule has 0 bridgehead atoms. The Balaban J connectivity index is 0. The van der Waals surface area contributed by atoms with Crippen molar-refractivity contribution in [3.05, 3.63) is 0 Å². The third-order valence-corrected chi connectivity index (χ3v) is 4.75. The first-order chi connectivity index (χ1) is 8.88. The molecular formula is C14H29NaO4S. The van der Waals surface area contributed by atoms with Crippen LogP contribution < -0.4 is 29.6 Å². The van der Waals surface area contributed by atoms with Gasteiger partial charge in [-0.15, -0.1) is 0 Å². The van der Waals surface area contributed by atoms with E-state index in [-0.39, 0.29) is 35.7 Å². The van der Waals surface area contributed by atoms with Crippen molar-refractivity contribution in [1.29, 1.82) is 0 Å². The molecule has 0 saturated heterocycles. The molecule has 20 heavy (non-hydrogen) atoms. The maximum Gasteiger partial charge on any atom is 1.00 e. The molecule has 116 valence electrons. The molecule has 6 heteroatoms. The van der Waals surface area contributed by atoms with Crippen molar-refractivity contribution in [2.24, 2.45) is 0 Å². The molecule has 0 aromatic heterocycles. The maximum absolute atomic E-state index is 10.7. The van der Waals surface area contributed by atoms with Crippen LogP contribution in [-0.4, -0.2) is 29.4 Å². The van der Waals surface area contributed by atoms with Crippen LogP contribution in [-0.2, 0) is 10.1 Å². The summed E-state index contributed by atoms with van der Waals surface area (Å²) < 4.78 is 32.1. The molecule has 0 fully saturated rings. The molecule has 0 aromatic rings. The Kier molecular flexibility index (Phi) is 15.7. The van der Waals surface area contributed by atoms with Crippen LogP contribution in [0.5, 0.6) is 0 Å². The number of aliphatic hydroxyl groups is 1. The molecular weight excluding hydrogens is 287 g/mol. The monoisotopic (exact) mass is 316 g/mol. The summed E-state index contributed by atoms with van der Waals surface area (Å²) in [6.07, 6.45) is 9.17. The Morgan fingerprint density at radius 3 is 2.00 bits per heavy atom. The van der Waals surface area contributed by atoms with Crippen molar-refractivity contribution in [2.45, 2.75) is 89.4 Å². The zero-order valence-corrected chi connectivity index (χ0v) is 16.1. The zero-order valence-electron chi connectivity index (χ0n) is 13.3. The van der Waals surface area contributed by atoms with Crippen LogP contribution >= 0.6 is 0 Å². The van der Waals surface area contributed by atoms with Gasteiger partial charge in [-0.3, -0.25) is 0 Å². The van der Waals surface area contributed by atoms with Crippen molar-refractivity contribution in [2.75, 3.05) is 0 Å². The molecule has 2 atom stereocenters. The second-order valence-corrected chi connectivity index (χ2v) is 7.23. The third kappa shape index (κ3) is 13.8. The van der Waals surface area contributed by atoms with E-state index >= 15 is 0 Å². The second-order valence-electron chi connectivity index (χ2n) is 5.44. The summed E-state index contributed by atoms with van der Waals surface area (Å²) >= 11 is 0. The van der Waals surface area contributed by atoms with Gasteiger partial charge < -0.3 is 9.66 Å². The topological polar surface area (TPSA) is 77.4 Å². The molecule has 0 aliphatic heterocycles. The zero-order chi connectivity index (χ0) is 14.7. The van der Waals surface area contributed by atoms with Crippen LogP contribution in [0.1, 0.15) is 78.1 Å². The van der Waals surface area contributed by atoms with Crippen LogP contribution in [0.2, 0.25) is 0 Å². The van der Waals surface area contributed by atoms with E-state index in [0.717, 1.165) is 19.3 Å². The minimum atomic E-state index is -4.16. The van der Waals surface area contributed by atoms with Crippen molar-refractivity contribution >= 4 is 10.1 Å². The van der Waals surface area contributed by atoms with E-state index in [9.17, 15) is 18.1 Å². The van der Waals surface area contributed by atoms with E-state index in [1.807, 2.05) is 0 Å². The standard InChI is InChI=1S/C14H30O4S.Na/c1-3-4-5-6-7-8-11-14(15)12-9-10-13(2)19(16,17)18;/h13-15H,3-12H2,1-2H3,(H,16,17,18);/q;+1/p-1. The summed E-state index contributed by atoms with van der Waals surface area (Å²) in [6.45, 7) is 3.62. The van der Waals surface area contributed by atoms with Crippen LogP contribution in [0.15, 0.2) is 0 Å². The first-order valence-corrected chi connectivity index (χ1v) is 8.97. The smallest absolute Gasteiger partial charge is 0.748 e. The number of hydrogen-bond acceptors (Lipinski definition) is 4. The van der Waals surface area contributed by atoms with E-state index in [2.05, 4.69) is 6.92 Å². The van der Waals surface area contributed by atoms with Crippen molar-refractivity contribution < 1.29 is 47.6 Å². The fourth-order valence-electron chi connectivity index (χ4n) is 2.09. The predicted molar refractivity (Wildman–Crippen MR) is 77.0 cm³/mol. The van der Waals surface area contributed by atoms with Gasteiger partial charge in [0.2, 0.25) is 0 Å². The maximum atomic E-state index is 10.7. The van der Waals surface area contributed by atoms with Crippen molar-refractivity contribution in [3.8, 4) is 0 Å². The van der Waals surface area contributed by atoms with Crippen molar-refractivity contribution in [1.82, 2.24) is 0 Å². The number of hydrogen-bond donors (Lipinski definition) is 1. The van der Waals surface area contributed by atoms with E-state index in [0.29, 0.717) is 19.3 Å². The van der Waals surface area contributed by atoms with Gasteiger partial charge in [0.15, 0.2) is 0 Å². The molecule has 0 spiro atoms. The second kappa shape index (κ2) is 13.5. The summed E-state index contributed by atoms with van der Waals surface area (Å²) in [7, 11) is -4.16. The van der Waals surface area contributed by atoms with Crippen LogP contribution in [0.25, 0.3) is 0 Å². The van der Waals surface area contributed by atoms with Gasteiger partial charge in [-0.2, -0.15) is 0 Å². The summed E-state index contributed by atoms with van der Waals surface area (Å²) in [5.74, 6) is 0. The SMILES string of the molecule is CCCCCCCCC(O)CCCC(C)S(=O)(=O)[O-].[Na+]. The predicted octanol–water partition coefficient (Wildman–Crippen LogP) is 0.206. The summed E-state index contributed by atoms with van der Waals surface area (Å²) in [5.41, 5.74) is 0. The Morgan fingerprint density at radius 2 is 1.45 bits per heavy atom. The quantitative estimate of drug-likeness (QED) is 0.317. The van der Waals surface area contributed by atoms with E-state index in [1.54, 1.807) is 0 Å². The van der Waals surface area contributed by atoms with Crippen LogP contribution in [0, 0.1) is 0 Å². The molecule has 0 aliphatic carbocycles. The molecule has 4 nitrogen and oxygen atoms in total. The summed E-state index contributed by atoms with van der Waals surface area (Å²) in [6, 6.07) is 0. The van der Waals surface area contributed by atoms with Gasteiger partial charge in [0.25, 0.3) is 0 Å². The third-order valence-electron chi connectivity index (χ3n) is 3.53. The van der Waals surface area contributed by atoms with E-state index < -0.39 is 15.4 Å². The first-order valence-electron chi connectivity index (χ1n) is 7.50. The van der Waals surface area contributed by atoms with Gasteiger partial charge in [-0.25, -0.2) is 8.42 Å². The average molecular weight is 316 g/mol. The molecule has 0 rings (SSSR count). The molecule has 0 aliphatic rings. The van der Waals surface area contributed by atoms with Gasteiger partial charge in [0.1, 0.15) is 0 Å². The molecule has 0 amide bonds. The number of rotatable bonds is 12. The van der Waals surface area contributed by atoms with Crippen molar-refractivity contribution in [3.63, 3.8) is 0 Å². The summed E-state index contributed by atoms with van der Waals surface area (Å²) in [4.78, 5) is 0. The van der Waals surface area contributed by atoms with E-state index in [1.165, 1.54) is 32.6 Å². The fraction of sp³-hybridized carbons (Fsp3) is 1.00. The molecule has 0 aromatic carbocycles.